The molecule has 0 spiro atoms. The van der Waals surface area contributed by atoms with E-state index >= 15 is 0 Å². The number of aromatic nitrogens is 1. The van der Waals surface area contributed by atoms with E-state index in [1.165, 1.54) is 23.3 Å². The van der Waals surface area contributed by atoms with Crippen LogP contribution in [0.15, 0.2) is 23.0 Å². The molecule has 2 heterocycles. The number of benzene rings is 1. The first-order valence-corrected chi connectivity index (χ1v) is 7.92. The zero-order valence-electron chi connectivity index (χ0n) is 12.4. The van der Waals surface area contributed by atoms with Gasteiger partial charge in [0.05, 0.1) is 10.2 Å². The molecule has 2 atom stereocenters. The Morgan fingerprint density at radius 1 is 1.43 bits per heavy atom. The molecule has 1 aliphatic heterocycles. The first kappa shape index (κ1) is 16.5. The van der Waals surface area contributed by atoms with Gasteiger partial charge in [-0.2, -0.15) is 0 Å². The highest BCUT2D eigenvalue weighted by molar-refractivity contribution is 7.16. The second-order valence-electron chi connectivity index (χ2n) is 5.84. The minimum Gasteiger partial charge on any atom is -0.330 e. The fraction of sp³-hybridized carbons (Fsp3) is 0.533. The molecular weight excluding hydrogens is 306 g/mol. The minimum absolute atomic E-state index is 0. The summed E-state index contributed by atoms with van der Waals surface area (Å²) in [4.78, 5) is 14.3. The van der Waals surface area contributed by atoms with Gasteiger partial charge in [0.2, 0.25) is 0 Å². The third-order valence-electron chi connectivity index (χ3n) is 4.37. The zero-order chi connectivity index (χ0) is 14.3. The molecule has 2 aromatic rings. The van der Waals surface area contributed by atoms with Gasteiger partial charge in [0.25, 0.3) is 0 Å². The van der Waals surface area contributed by atoms with Crippen LogP contribution in [0.25, 0.3) is 10.2 Å². The lowest BCUT2D eigenvalue weighted by Crippen LogP contribution is -2.27. The van der Waals surface area contributed by atoms with E-state index in [4.69, 9.17) is 5.73 Å². The van der Waals surface area contributed by atoms with Crippen LogP contribution in [-0.4, -0.2) is 28.6 Å². The number of hydrogen-bond acceptors (Lipinski definition) is 4. The zero-order valence-corrected chi connectivity index (χ0v) is 14.0. The maximum absolute atomic E-state index is 11.7. The Hall–Kier alpha value is -0.880. The van der Waals surface area contributed by atoms with Gasteiger partial charge in [-0.25, -0.2) is 0 Å². The molecule has 0 aliphatic carbocycles. The fourth-order valence-electron chi connectivity index (χ4n) is 3.12. The number of nitrogens with two attached hydrogens (primary N) is 1. The number of thiazole rings is 1. The topological polar surface area (TPSA) is 51.3 Å². The monoisotopic (exact) mass is 327 g/mol. The highest BCUT2D eigenvalue weighted by Crippen LogP contribution is 2.25. The molecule has 6 heteroatoms. The summed E-state index contributed by atoms with van der Waals surface area (Å²) < 4.78 is 2.80. The number of nitrogens with zero attached hydrogens (tertiary/aromatic N) is 2. The molecule has 1 saturated heterocycles. The third-order valence-corrected chi connectivity index (χ3v) is 5.36. The SMILES string of the molecule is CC1CC(CN)CN1Cc1ccc2c(c1)sc(=O)n2C.Cl. The van der Waals surface area contributed by atoms with Crippen LogP contribution in [0.2, 0.25) is 0 Å². The third kappa shape index (κ3) is 3.16. The average Bonchev–Trinajstić information content (AvgIpc) is 2.91. The van der Waals surface area contributed by atoms with Gasteiger partial charge >= 0.3 is 4.87 Å². The molecule has 3 rings (SSSR count). The van der Waals surface area contributed by atoms with E-state index in [0.29, 0.717) is 12.0 Å². The van der Waals surface area contributed by atoms with Crippen LogP contribution < -0.4 is 10.6 Å². The highest BCUT2D eigenvalue weighted by atomic mass is 35.5. The van der Waals surface area contributed by atoms with E-state index in [2.05, 4.69) is 30.0 Å². The Bertz CT molecular complexity index is 681. The minimum atomic E-state index is 0. The van der Waals surface area contributed by atoms with Crippen molar-refractivity contribution in [2.75, 3.05) is 13.1 Å². The van der Waals surface area contributed by atoms with Crippen molar-refractivity contribution in [1.29, 1.82) is 0 Å². The lowest BCUT2D eigenvalue weighted by molar-refractivity contribution is 0.256. The number of fused-ring (bicyclic) bond motifs is 1. The van der Waals surface area contributed by atoms with E-state index in [9.17, 15) is 4.79 Å². The van der Waals surface area contributed by atoms with E-state index in [0.717, 1.165) is 29.9 Å². The molecule has 4 nitrogen and oxygen atoms in total. The summed E-state index contributed by atoms with van der Waals surface area (Å²) in [5, 5.41) is 0. The van der Waals surface area contributed by atoms with Crippen molar-refractivity contribution in [2.24, 2.45) is 18.7 Å². The first-order chi connectivity index (χ1) is 9.58. The predicted molar refractivity (Wildman–Crippen MR) is 91.3 cm³/mol. The van der Waals surface area contributed by atoms with Gasteiger partial charge in [0.15, 0.2) is 0 Å². The number of halogens is 1. The molecule has 2 unspecified atom stereocenters. The van der Waals surface area contributed by atoms with E-state index in [1.54, 1.807) is 4.57 Å². The molecule has 2 N–H and O–H groups in total. The number of aryl methyl sites for hydroxylation is 1. The normalized spacial score (nSPS) is 22.6. The summed E-state index contributed by atoms with van der Waals surface area (Å²) in [6, 6.07) is 6.94. The van der Waals surface area contributed by atoms with Crippen molar-refractivity contribution in [3.63, 3.8) is 0 Å². The lowest BCUT2D eigenvalue weighted by atomic mass is 10.1. The van der Waals surface area contributed by atoms with Crippen molar-refractivity contribution in [2.45, 2.75) is 25.9 Å². The standard InChI is InChI=1S/C15H21N3OS.ClH/c1-10-5-12(7-16)9-18(10)8-11-3-4-13-14(6-11)20-15(19)17(13)2;/h3-4,6,10,12H,5,7-9,16H2,1-2H3;1H. The second-order valence-corrected chi connectivity index (χ2v) is 6.84. The van der Waals surface area contributed by atoms with Crippen molar-refractivity contribution < 1.29 is 0 Å². The van der Waals surface area contributed by atoms with Crippen LogP contribution in [0.3, 0.4) is 0 Å². The van der Waals surface area contributed by atoms with Gasteiger partial charge in [-0.1, -0.05) is 17.4 Å². The fourth-order valence-corrected chi connectivity index (χ4v) is 4.06. The molecule has 1 aliphatic rings. The molecule has 0 bridgehead atoms. The molecule has 1 aromatic carbocycles. The van der Waals surface area contributed by atoms with Gasteiger partial charge in [-0.15, -0.1) is 12.4 Å². The summed E-state index contributed by atoms with van der Waals surface area (Å²) in [5.74, 6) is 0.626. The average molecular weight is 328 g/mol. The van der Waals surface area contributed by atoms with Gasteiger partial charge in [-0.3, -0.25) is 9.69 Å². The smallest absolute Gasteiger partial charge is 0.307 e. The summed E-state index contributed by atoms with van der Waals surface area (Å²) in [6.07, 6.45) is 1.19. The van der Waals surface area contributed by atoms with Gasteiger partial charge in [0, 0.05) is 26.2 Å². The van der Waals surface area contributed by atoms with E-state index in [-0.39, 0.29) is 17.3 Å². The number of rotatable bonds is 3. The molecule has 0 saturated carbocycles. The first-order valence-electron chi connectivity index (χ1n) is 7.11. The number of hydrogen-bond donors (Lipinski definition) is 1. The molecule has 0 radical (unpaired) electrons. The van der Waals surface area contributed by atoms with Crippen molar-refractivity contribution in [3.05, 3.63) is 33.4 Å². The Morgan fingerprint density at radius 2 is 2.19 bits per heavy atom. The molecule has 1 fully saturated rings. The molecule has 0 amide bonds. The molecular formula is C15H22ClN3OS. The Labute approximate surface area is 135 Å². The Morgan fingerprint density at radius 3 is 2.86 bits per heavy atom. The van der Waals surface area contributed by atoms with Gasteiger partial charge in [-0.05, 0) is 43.5 Å². The van der Waals surface area contributed by atoms with Crippen LogP contribution in [0, 0.1) is 5.92 Å². The quantitative estimate of drug-likeness (QED) is 0.940. The Balaban J connectivity index is 0.00000161. The van der Waals surface area contributed by atoms with Gasteiger partial charge < -0.3 is 10.3 Å². The maximum Gasteiger partial charge on any atom is 0.307 e. The van der Waals surface area contributed by atoms with Crippen LogP contribution >= 0.6 is 23.7 Å². The molecule has 116 valence electrons. The number of likely N-dealkylation sites (tertiary alicyclic amines) is 1. The maximum atomic E-state index is 11.7. The van der Waals surface area contributed by atoms with Crippen LogP contribution in [0.4, 0.5) is 0 Å². The van der Waals surface area contributed by atoms with Crippen LogP contribution in [-0.2, 0) is 13.6 Å². The van der Waals surface area contributed by atoms with Crippen LogP contribution in [0.1, 0.15) is 18.9 Å². The van der Waals surface area contributed by atoms with Crippen molar-refractivity contribution in [1.82, 2.24) is 9.47 Å². The second kappa shape index (κ2) is 6.48. The van der Waals surface area contributed by atoms with E-state index in [1.807, 2.05) is 7.05 Å². The summed E-state index contributed by atoms with van der Waals surface area (Å²) in [7, 11) is 1.83. The largest absolute Gasteiger partial charge is 0.330 e. The van der Waals surface area contributed by atoms with E-state index < -0.39 is 0 Å². The van der Waals surface area contributed by atoms with Crippen molar-refractivity contribution in [3.8, 4) is 0 Å². The summed E-state index contributed by atoms with van der Waals surface area (Å²) >= 11 is 1.33. The van der Waals surface area contributed by atoms with Crippen LogP contribution in [0.5, 0.6) is 0 Å². The van der Waals surface area contributed by atoms with Crippen molar-refractivity contribution >= 4 is 34.0 Å². The highest BCUT2D eigenvalue weighted by Gasteiger charge is 2.27. The Kier molecular flexibility index (Phi) is 5.09. The van der Waals surface area contributed by atoms with Gasteiger partial charge in [0.1, 0.15) is 0 Å². The lowest BCUT2D eigenvalue weighted by Gasteiger charge is -2.21. The summed E-state index contributed by atoms with van der Waals surface area (Å²) in [5.41, 5.74) is 8.09. The molecule has 21 heavy (non-hydrogen) atoms. The molecule has 1 aromatic heterocycles. The summed E-state index contributed by atoms with van der Waals surface area (Å²) in [6.45, 7) is 5.08. The predicted octanol–water partition coefficient (Wildman–Crippen LogP) is 2.19.